The van der Waals surface area contributed by atoms with E-state index in [-0.39, 0.29) is 28.7 Å². The molecule has 0 saturated carbocycles. The van der Waals surface area contributed by atoms with E-state index in [2.05, 4.69) is 4.99 Å². The Bertz CT molecular complexity index is 1220. The molecular formula is C22H15N3O5. The van der Waals surface area contributed by atoms with Crippen molar-refractivity contribution in [2.45, 2.75) is 0 Å². The molecular weight excluding hydrogens is 386 g/mol. The van der Waals surface area contributed by atoms with Crippen molar-refractivity contribution in [2.75, 3.05) is 4.90 Å². The van der Waals surface area contributed by atoms with Gasteiger partial charge in [-0.1, -0.05) is 48.5 Å². The van der Waals surface area contributed by atoms with Crippen molar-refractivity contribution in [3.8, 4) is 11.5 Å². The molecule has 3 aromatic carbocycles. The van der Waals surface area contributed by atoms with Gasteiger partial charge < -0.3 is 10.2 Å². The summed E-state index contributed by atoms with van der Waals surface area (Å²) in [6.45, 7) is 0. The van der Waals surface area contributed by atoms with Crippen molar-refractivity contribution in [3.05, 3.63) is 99.7 Å². The van der Waals surface area contributed by atoms with E-state index in [9.17, 15) is 25.1 Å². The number of amidine groups is 1. The Morgan fingerprint density at radius 3 is 2.30 bits per heavy atom. The van der Waals surface area contributed by atoms with E-state index >= 15 is 0 Å². The molecule has 0 radical (unpaired) electrons. The number of phenols is 2. The van der Waals surface area contributed by atoms with Crippen molar-refractivity contribution in [2.24, 2.45) is 4.99 Å². The van der Waals surface area contributed by atoms with Crippen LogP contribution in [0, 0.1) is 10.1 Å². The lowest BCUT2D eigenvalue weighted by atomic mass is 10.1. The van der Waals surface area contributed by atoms with Gasteiger partial charge in [-0.15, -0.1) is 0 Å². The van der Waals surface area contributed by atoms with E-state index in [4.69, 9.17) is 0 Å². The molecule has 2 N–H and O–H groups in total. The molecule has 8 nitrogen and oxygen atoms in total. The first kappa shape index (κ1) is 18.9. The Hall–Kier alpha value is -4.46. The van der Waals surface area contributed by atoms with Gasteiger partial charge in [0.15, 0.2) is 0 Å². The SMILES string of the molecule is O=C1C(=Cc2ccccc2O)N=C(c2ccccc2)N1c1ccc([N+](=O)[O-])cc1O. The summed E-state index contributed by atoms with van der Waals surface area (Å²) in [4.78, 5) is 29.2. The van der Waals surface area contributed by atoms with E-state index < -0.39 is 16.6 Å². The molecule has 1 aliphatic heterocycles. The number of amides is 1. The summed E-state index contributed by atoms with van der Waals surface area (Å²) in [5.74, 6) is -0.719. The average molecular weight is 401 g/mol. The number of non-ortho nitro benzene ring substituents is 1. The van der Waals surface area contributed by atoms with E-state index in [0.717, 1.165) is 6.07 Å². The van der Waals surface area contributed by atoms with Crippen molar-refractivity contribution in [1.82, 2.24) is 0 Å². The van der Waals surface area contributed by atoms with Gasteiger partial charge in [0.1, 0.15) is 23.0 Å². The molecule has 0 aromatic heterocycles. The predicted molar refractivity (Wildman–Crippen MR) is 111 cm³/mol. The van der Waals surface area contributed by atoms with Gasteiger partial charge in [-0.2, -0.15) is 0 Å². The molecule has 1 aliphatic rings. The number of hydrogen-bond donors (Lipinski definition) is 2. The van der Waals surface area contributed by atoms with Crippen molar-refractivity contribution >= 4 is 29.2 Å². The van der Waals surface area contributed by atoms with Crippen LogP contribution in [0.25, 0.3) is 6.08 Å². The highest BCUT2D eigenvalue weighted by Crippen LogP contribution is 2.36. The van der Waals surface area contributed by atoms with Crippen LogP contribution in [0.2, 0.25) is 0 Å². The van der Waals surface area contributed by atoms with Gasteiger partial charge >= 0.3 is 0 Å². The first-order valence-corrected chi connectivity index (χ1v) is 8.91. The topological polar surface area (TPSA) is 116 Å². The third-order valence-corrected chi connectivity index (χ3v) is 4.53. The third-order valence-electron chi connectivity index (χ3n) is 4.53. The van der Waals surface area contributed by atoms with E-state index in [1.807, 2.05) is 6.07 Å². The maximum Gasteiger partial charge on any atom is 0.282 e. The van der Waals surface area contributed by atoms with Gasteiger partial charge in [-0.05, 0) is 18.2 Å². The van der Waals surface area contributed by atoms with Crippen LogP contribution in [0.1, 0.15) is 11.1 Å². The summed E-state index contributed by atoms with van der Waals surface area (Å²) in [6, 6.07) is 18.9. The van der Waals surface area contributed by atoms with Crippen molar-refractivity contribution in [3.63, 3.8) is 0 Å². The molecule has 0 aliphatic carbocycles. The number of nitro benzene ring substituents is 1. The van der Waals surface area contributed by atoms with Gasteiger partial charge in [-0.3, -0.25) is 19.8 Å². The Balaban J connectivity index is 1.85. The molecule has 0 fully saturated rings. The van der Waals surface area contributed by atoms with Gasteiger partial charge in [-0.25, -0.2) is 4.99 Å². The third kappa shape index (κ3) is 3.37. The van der Waals surface area contributed by atoms with Gasteiger partial charge in [0.05, 0.1) is 16.7 Å². The van der Waals surface area contributed by atoms with Crippen LogP contribution in [0.3, 0.4) is 0 Å². The van der Waals surface area contributed by atoms with Crippen LogP contribution in [-0.4, -0.2) is 26.9 Å². The second-order valence-electron chi connectivity index (χ2n) is 6.46. The second kappa shape index (κ2) is 7.51. The zero-order chi connectivity index (χ0) is 21.3. The summed E-state index contributed by atoms with van der Waals surface area (Å²) in [5, 5.41) is 31.4. The highest BCUT2D eigenvalue weighted by molar-refractivity contribution is 6.33. The van der Waals surface area contributed by atoms with Crippen LogP contribution in [0.15, 0.2) is 83.5 Å². The van der Waals surface area contributed by atoms with Gasteiger partial charge in [0, 0.05) is 17.2 Å². The maximum atomic E-state index is 13.2. The monoisotopic (exact) mass is 401 g/mol. The Morgan fingerprint density at radius 2 is 1.63 bits per heavy atom. The number of rotatable bonds is 4. The van der Waals surface area contributed by atoms with Crippen molar-refractivity contribution < 1.29 is 19.9 Å². The largest absolute Gasteiger partial charge is 0.507 e. The van der Waals surface area contributed by atoms with Crippen LogP contribution in [-0.2, 0) is 4.79 Å². The molecule has 1 heterocycles. The van der Waals surface area contributed by atoms with Crippen LogP contribution in [0.5, 0.6) is 11.5 Å². The number of aliphatic imine (C=N–C) groups is 1. The lowest BCUT2D eigenvalue weighted by Gasteiger charge is -2.19. The molecule has 1 amide bonds. The zero-order valence-electron chi connectivity index (χ0n) is 15.5. The van der Waals surface area contributed by atoms with Crippen LogP contribution >= 0.6 is 0 Å². The smallest absolute Gasteiger partial charge is 0.282 e. The van der Waals surface area contributed by atoms with Gasteiger partial charge in [0.25, 0.3) is 11.6 Å². The molecule has 0 atom stereocenters. The fourth-order valence-electron chi connectivity index (χ4n) is 3.09. The first-order chi connectivity index (χ1) is 14.5. The number of nitrogens with zero attached hydrogens (tertiary/aromatic N) is 3. The highest BCUT2D eigenvalue weighted by Gasteiger charge is 2.34. The minimum absolute atomic E-state index is 0.00843. The summed E-state index contributed by atoms with van der Waals surface area (Å²) in [5.41, 5.74) is 0.837. The number of hydrogen-bond acceptors (Lipinski definition) is 6. The number of phenolic OH excluding ortho intramolecular Hbond substituents is 2. The lowest BCUT2D eigenvalue weighted by Crippen LogP contribution is -2.32. The molecule has 148 valence electrons. The van der Waals surface area contributed by atoms with Crippen LogP contribution < -0.4 is 4.90 Å². The molecule has 4 rings (SSSR count). The number of carbonyl (C=O) groups is 1. The molecule has 3 aromatic rings. The standard InChI is InChI=1S/C22H15N3O5/c26-19-9-5-4-8-15(19)12-17-22(28)24(21(23-17)14-6-2-1-3-7-14)18-11-10-16(25(29)30)13-20(18)27/h1-13,26-27H. The minimum atomic E-state index is -0.634. The van der Waals surface area contributed by atoms with Crippen molar-refractivity contribution in [1.29, 1.82) is 0 Å². The predicted octanol–water partition coefficient (Wildman–Crippen LogP) is 3.84. The average Bonchev–Trinajstić information content (AvgIpc) is 3.06. The number of carbonyl (C=O) groups excluding carboxylic acids is 1. The van der Waals surface area contributed by atoms with Gasteiger partial charge in [0.2, 0.25) is 0 Å². The number of aromatic hydroxyl groups is 2. The Kier molecular flexibility index (Phi) is 4.73. The number of para-hydroxylation sites is 1. The Morgan fingerprint density at radius 1 is 0.933 bits per heavy atom. The molecule has 8 heteroatoms. The first-order valence-electron chi connectivity index (χ1n) is 8.91. The fraction of sp³-hybridized carbons (Fsp3) is 0. The quantitative estimate of drug-likeness (QED) is 0.391. The lowest BCUT2D eigenvalue weighted by molar-refractivity contribution is -0.384. The molecule has 0 saturated heterocycles. The van der Waals surface area contributed by atoms with E-state index in [0.29, 0.717) is 11.1 Å². The highest BCUT2D eigenvalue weighted by atomic mass is 16.6. The summed E-state index contributed by atoms with van der Waals surface area (Å²) in [6.07, 6.45) is 1.45. The molecule has 0 unspecified atom stereocenters. The zero-order valence-corrected chi connectivity index (χ0v) is 15.5. The molecule has 0 spiro atoms. The van der Waals surface area contributed by atoms with E-state index in [1.165, 1.54) is 29.2 Å². The fourth-order valence-corrected chi connectivity index (χ4v) is 3.09. The normalized spacial score (nSPS) is 14.8. The number of benzene rings is 3. The number of anilines is 1. The minimum Gasteiger partial charge on any atom is -0.507 e. The second-order valence-corrected chi connectivity index (χ2v) is 6.46. The molecule has 0 bridgehead atoms. The summed E-state index contributed by atoms with van der Waals surface area (Å²) < 4.78 is 0. The van der Waals surface area contributed by atoms with Crippen LogP contribution in [0.4, 0.5) is 11.4 Å². The molecule has 30 heavy (non-hydrogen) atoms. The number of nitro groups is 1. The maximum absolute atomic E-state index is 13.2. The Labute approximate surface area is 170 Å². The van der Waals surface area contributed by atoms with E-state index in [1.54, 1.807) is 42.5 Å². The summed E-state index contributed by atoms with van der Waals surface area (Å²) in [7, 11) is 0. The summed E-state index contributed by atoms with van der Waals surface area (Å²) >= 11 is 0.